The third-order valence-corrected chi connectivity index (χ3v) is 4.20. The van der Waals surface area contributed by atoms with Gasteiger partial charge in [0, 0.05) is 11.0 Å². The van der Waals surface area contributed by atoms with E-state index >= 15 is 0 Å². The Morgan fingerprint density at radius 3 is 2.16 bits per heavy atom. The molecule has 19 heavy (non-hydrogen) atoms. The summed E-state index contributed by atoms with van der Waals surface area (Å²) in [5.74, 6) is 0. The first-order chi connectivity index (χ1) is 8.72. The Balaban J connectivity index is 3.15. The molecule has 0 spiro atoms. The fourth-order valence-corrected chi connectivity index (χ4v) is 2.68. The van der Waals surface area contributed by atoms with Crippen molar-refractivity contribution in [2.75, 3.05) is 0 Å². The van der Waals surface area contributed by atoms with Crippen molar-refractivity contribution in [3.05, 3.63) is 62.7 Å². The first-order valence-corrected chi connectivity index (χ1v) is 7.09. The number of benzene rings is 1. The van der Waals surface area contributed by atoms with Gasteiger partial charge in [-0.1, -0.05) is 17.7 Å². The average molecular weight is 281 g/mol. The molecule has 6 heteroatoms. The van der Waals surface area contributed by atoms with Crippen LogP contribution in [0.5, 0.6) is 0 Å². The maximum Gasteiger partial charge on any atom is 0.237 e. The van der Waals surface area contributed by atoms with Crippen molar-refractivity contribution in [3.8, 4) is 0 Å². The Kier molecular flexibility index (Phi) is 4.61. The van der Waals surface area contributed by atoms with Crippen LogP contribution in [0.1, 0.15) is 19.4 Å². The summed E-state index contributed by atoms with van der Waals surface area (Å²) in [5.41, 5.74) is 1.61. The van der Waals surface area contributed by atoms with Crippen LogP contribution < -0.4 is 0 Å². The summed E-state index contributed by atoms with van der Waals surface area (Å²) in [6, 6.07) is 6.44. The van der Waals surface area contributed by atoms with Gasteiger partial charge in [0.25, 0.3) is 0 Å². The number of sulfone groups is 1. The van der Waals surface area contributed by atoms with Crippen LogP contribution in [0, 0.1) is 17.0 Å². The molecule has 0 fully saturated rings. The second-order valence-corrected chi connectivity index (χ2v) is 6.05. The van der Waals surface area contributed by atoms with E-state index in [9.17, 15) is 18.5 Å². The van der Waals surface area contributed by atoms with Gasteiger partial charge in [0.05, 0.1) is 9.82 Å². The molecule has 1 rings (SSSR count). The summed E-state index contributed by atoms with van der Waals surface area (Å²) in [7, 11) is -3.58. The third-order valence-electron chi connectivity index (χ3n) is 2.60. The van der Waals surface area contributed by atoms with E-state index in [1.54, 1.807) is 12.1 Å². The lowest BCUT2D eigenvalue weighted by Crippen LogP contribution is -1.99. The van der Waals surface area contributed by atoms with Gasteiger partial charge in [0.15, 0.2) is 9.84 Å². The molecule has 0 aromatic heterocycles. The molecule has 102 valence electrons. The Morgan fingerprint density at radius 1 is 1.16 bits per heavy atom. The van der Waals surface area contributed by atoms with Gasteiger partial charge in [-0.3, -0.25) is 10.1 Å². The molecule has 0 heterocycles. The molecule has 0 amide bonds. The van der Waals surface area contributed by atoms with Crippen LogP contribution in [0.2, 0.25) is 0 Å². The molecule has 0 bridgehead atoms. The molecule has 1 aromatic rings. The molecule has 0 aliphatic heterocycles. The minimum Gasteiger partial charge on any atom is -0.259 e. The average Bonchev–Trinajstić information content (AvgIpc) is 2.27. The Morgan fingerprint density at radius 2 is 1.68 bits per heavy atom. The van der Waals surface area contributed by atoms with Crippen LogP contribution in [0.3, 0.4) is 0 Å². The highest BCUT2D eigenvalue weighted by Gasteiger charge is 2.12. The molecule has 0 saturated heterocycles. The number of aryl methyl sites for hydroxylation is 1. The topological polar surface area (TPSA) is 77.3 Å². The zero-order valence-electron chi connectivity index (χ0n) is 11.0. The SMILES string of the molecule is CC(=C\[N+](=O)[O-])/C(C)=C/S(=O)(=O)c1ccc(C)cc1. The summed E-state index contributed by atoms with van der Waals surface area (Å²) >= 11 is 0. The quantitative estimate of drug-likeness (QED) is 0.483. The molecule has 1 aromatic carbocycles. The normalized spacial score (nSPS) is 13.4. The summed E-state index contributed by atoms with van der Waals surface area (Å²) < 4.78 is 24.1. The number of nitrogens with zero attached hydrogens (tertiary/aromatic N) is 1. The minimum atomic E-state index is -3.58. The van der Waals surface area contributed by atoms with Crippen LogP contribution in [-0.4, -0.2) is 13.3 Å². The molecule has 0 radical (unpaired) electrons. The van der Waals surface area contributed by atoms with Crippen molar-refractivity contribution in [2.24, 2.45) is 0 Å². The largest absolute Gasteiger partial charge is 0.259 e. The van der Waals surface area contributed by atoms with E-state index in [0.717, 1.165) is 17.2 Å². The van der Waals surface area contributed by atoms with Crippen molar-refractivity contribution in [2.45, 2.75) is 25.7 Å². The highest BCUT2D eigenvalue weighted by molar-refractivity contribution is 7.94. The molecular weight excluding hydrogens is 266 g/mol. The van der Waals surface area contributed by atoms with Crippen LogP contribution in [-0.2, 0) is 9.84 Å². The highest BCUT2D eigenvalue weighted by Crippen LogP contribution is 2.17. The van der Waals surface area contributed by atoms with Gasteiger partial charge >= 0.3 is 0 Å². The molecule has 0 atom stereocenters. The lowest BCUT2D eigenvalue weighted by Gasteiger charge is -2.02. The van der Waals surface area contributed by atoms with E-state index in [-0.39, 0.29) is 4.90 Å². The zero-order valence-corrected chi connectivity index (χ0v) is 11.8. The monoisotopic (exact) mass is 281 g/mol. The molecule has 0 N–H and O–H groups in total. The first-order valence-electron chi connectivity index (χ1n) is 5.55. The summed E-state index contributed by atoms with van der Waals surface area (Å²) in [4.78, 5) is 9.91. The molecule has 5 nitrogen and oxygen atoms in total. The van der Waals surface area contributed by atoms with Crippen LogP contribution in [0.15, 0.2) is 51.9 Å². The maximum absolute atomic E-state index is 12.1. The number of nitro groups is 1. The third kappa shape index (κ3) is 4.33. The van der Waals surface area contributed by atoms with Crippen LogP contribution in [0.4, 0.5) is 0 Å². The van der Waals surface area contributed by atoms with Crippen LogP contribution >= 0.6 is 0 Å². The summed E-state index contributed by atoms with van der Waals surface area (Å²) in [6.07, 6.45) is 0.788. The lowest BCUT2D eigenvalue weighted by atomic mass is 10.2. The van der Waals surface area contributed by atoms with Gasteiger partial charge in [-0.05, 0) is 38.5 Å². The molecular formula is C13H15NO4S. The standard InChI is InChI=1S/C13H15NO4S/c1-10-4-6-13(7-5-10)19(17,18)9-12(3)11(2)8-14(15)16/h4-9H,1-3H3/b11-8+,12-9+. The predicted octanol–water partition coefficient (Wildman–Crippen LogP) is 2.85. The van der Waals surface area contributed by atoms with Gasteiger partial charge in [-0.2, -0.15) is 0 Å². The Hall–Kier alpha value is -1.95. The molecule has 0 saturated carbocycles. The minimum absolute atomic E-state index is 0.173. The zero-order chi connectivity index (χ0) is 14.6. The number of hydrogen-bond donors (Lipinski definition) is 0. The van der Waals surface area contributed by atoms with Gasteiger partial charge in [-0.15, -0.1) is 0 Å². The maximum atomic E-state index is 12.1. The molecule has 0 aliphatic rings. The van der Waals surface area contributed by atoms with Crippen molar-refractivity contribution in [3.63, 3.8) is 0 Å². The van der Waals surface area contributed by atoms with Gasteiger partial charge in [0.1, 0.15) is 0 Å². The number of rotatable bonds is 4. The van der Waals surface area contributed by atoms with Crippen molar-refractivity contribution in [1.29, 1.82) is 0 Å². The van der Waals surface area contributed by atoms with E-state index in [0.29, 0.717) is 11.1 Å². The van der Waals surface area contributed by atoms with E-state index in [2.05, 4.69) is 0 Å². The van der Waals surface area contributed by atoms with Crippen molar-refractivity contribution < 1.29 is 13.3 Å². The lowest BCUT2D eigenvalue weighted by molar-refractivity contribution is -0.403. The van der Waals surface area contributed by atoms with E-state index < -0.39 is 14.8 Å². The smallest absolute Gasteiger partial charge is 0.237 e. The summed E-state index contributed by atoms with van der Waals surface area (Å²) in [6.45, 7) is 4.89. The van der Waals surface area contributed by atoms with Crippen LogP contribution in [0.25, 0.3) is 0 Å². The fourth-order valence-electron chi connectivity index (χ4n) is 1.38. The molecule has 0 aliphatic carbocycles. The van der Waals surface area contributed by atoms with Gasteiger partial charge < -0.3 is 0 Å². The Bertz CT molecular complexity index is 640. The van der Waals surface area contributed by atoms with Crippen molar-refractivity contribution >= 4 is 9.84 Å². The predicted molar refractivity (Wildman–Crippen MR) is 72.9 cm³/mol. The fraction of sp³-hybridized carbons (Fsp3) is 0.231. The summed E-state index contributed by atoms with van der Waals surface area (Å²) in [5, 5.41) is 11.4. The second-order valence-electron chi connectivity index (χ2n) is 4.26. The highest BCUT2D eigenvalue weighted by atomic mass is 32.2. The van der Waals surface area contributed by atoms with Gasteiger partial charge in [-0.25, -0.2) is 8.42 Å². The van der Waals surface area contributed by atoms with E-state index in [1.807, 2.05) is 6.92 Å². The first kappa shape index (κ1) is 15.1. The van der Waals surface area contributed by atoms with Crippen molar-refractivity contribution in [1.82, 2.24) is 0 Å². The number of allylic oxidation sites excluding steroid dienone is 2. The van der Waals surface area contributed by atoms with E-state index in [4.69, 9.17) is 0 Å². The Labute approximate surface area is 112 Å². The molecule has 0 unspecified atom stereocenters. The second kappa shape index (κ2) is 5.79. The number of hydrogen-bond acceptors (Lipinski definition) is 4. The van der Waals surface area contributed by atoms with Gasteiger partial charge in [0.2, 0.25) is 6.20 Å². The van der Waals surface area contributed by atoms with E-state index in [1.165, 1.54) is 26.0 Å².